The van der Waals surface area contributed by atoms with E-state index in [-0.39, 0.29) is 6.09 Å². The lowest BCUT2D eigenvalue weighted by atomic mass is 10.1. The maximum absolute atomic E-state index is 12.0. The van der Waals surface area contributed by atoms with Crippen LogP contribution in [0.25, 0.3) is 0 Å². The normalized spacial score (nSPS) is 18.2. The molecule has 1 aliphatic rings. The number of carbonyl (C=O) groups excluding carboxylic acids is 1. The van der Waals surface area contributed by atoms with Crippen molar-refractivity contribution in [3.8, 4) is 0 Å². The van der Waals surface area contributed by atoms with Gasteiger partial charge < -0.3 is 15.0 Å². The third kappa shape index (κ3) is 6.61. The van der Waals surface area contributed by atoms with Crippen LogP contribution >= 0.6 is 0 Å². The summed E-state index contributed by atoms with van der Waals surface area (Å²) in [6, 6.07) is 10.5. The Labute approximate surface area is 140 Å². The number of carbonyl (C=O) groups is 1. The molecule has 1 aromatic carbocycles. The van der Waals surface area contributed by atoms with Gasteiger partial charge >= 0.3 is 6.09 Å². The Morgan fingerprint density at radius 3 is 2.70 bits per heavy atom. The van der Waals surface area contributed by atoms with Crippen molar-refractivity contribution in [2.75, 3.05) is 26.2 Å². The van der Waals surface area contributed by atoms with Gasteiger partial charge in [-0.25, -0.2) is 4.79 Å². The van der Waals surface area contributed by atoms with Gasteiger partial charge in [-0.1, -0.05) is 30.3 Å². The second-order valence-corrected chi connectivity index (χ2v) is 7.36. The molecule has 4 heteroatoms. The average molecular weight is 318 g/mol. The van der Waals surface area contributed by atoms with E-state index in [9.17, 15) is 4.79 Å². The Hall–Kier alpha value is -1.55. The van der Waals surface area contributed by atoms with Crippen molar-refractivity contribution in [1.29, 1.82) is 0 Å². The standard InChI is InChI=1S/C19H30N2O2/c1-19(2,3)23-18(22)21-14-11-17(15-21)10-13-20-12-9-16-7-5-4-6-8-16/h4-8,17,20H,9-15H2,1-3H3. The fraction of sp³-hybridized carbons (Fsp3) is 0.632. The van der Waals surface area contributed by atoms with Crippen LogP contribution in [0, 0.1) is 5.92 Å². The van der Waals surface area contributed by atoms with Crippen LogP contribution in [-0.2, 0) is 11.2 Å². The summed E-state index contributed by atoms with van der Waals surface area (Å²) in [7, 11) is 0. The number of hydrogen-bond donors (Lipinski definition) is 1. The van der Waals surface area contributed by atoms with Crippen LogP contribution in [-0.4, -0.2) is 42.8 Å². The molecule has 1 heterocycles. The highest BCUT2D eigenvalue weighted by atomic mass is 16.6. The zero-order valence-corrected chi connectivity index (χ0v) is 14.7. The van der Waals surface area contributed by atoms with Crippen LogP contribution in [0.15, 0.2) is 30.3 Å². The maximum Gasteiger partial charge on any atom is 0.410 e. The predicted octanol–water partition coefficient (Wildman–Crippen LogP) is 3.47. The number of nitrogens with zero attached hydrogens (tertiary/aromatic N) is 1. The van der Waals surface area contributed by atoms with Gasteiger partial charge in [0.05, 0.1) is 0 Å². The number of rotatable bonds is 6. The fourth-order valence-corrected chi connectivity index (χ4v) is 2.87. The number of hydrogen-bond acceptors (Lipinski definition) is 3. The SMILES string of the molecule is CC(C)(C)OC(=O)N1CCC(CCNCCc2ccccc2)C1. The van der Waals surface area contributed by atoms with Crippen LogP contribution in [0.5, 0.6) is 0 Å². The predicted molar refractivity (Wildman–Crippen MR) is 93.5 cm³/mol. The smallest absolute Gasteiger partial charge is 0.410 e. The molecule has 0 saturated carbocycles. The number of amides is 1. The van der Waals surface area contributed by atoms with Gasteiger partial charge in [0.1, 0.15) is 5.60 Å². The Kier molecular flexibility index (Phi) is 6.46. The monoisotopic (exact) mass is 318 g/mol. The van der Waals surface area contributed by atoms with Crippen molar-refractivity contribution in [3.05, 3.63) is 35.9 Å². The topological polar surface area (TPSA) is 41.6 Å². The molecule has 0 radical (unpaired) electrons. The third-order valence-electron chi connectivity index (χ3n) is 4.10. The first-order valence-corrected chi connectivity index (χ1v) is 8.66. The molecule has 1 atom stereocenters. The molecule has 1 fully saturated rings. The average Bonchev–Trinajstić information content (AvgIpc) is 2.95. The molecule has 4 nitrogen and oxygen atoms in total. The van der Waals surface area contributed by atoms with E-state index in [1.807, 2.05) is 31.7 Å². The highest BCUT2D eigenvalue weighted by Gasteiger charge is 2.29. The summed E-state index contributed by atoms with van der Waals surface area (Å²) in [4.78, 5) is 13.9. The lowest BCUT2D eigenvalue weighted by molar-refractivity contribution is 0.0287. The lowest BCUT2D eigenvalue weighted by Crippen LogP contribution is -2.35. The zero-order chi connectivity index (χ0) is 16.7. The highest BCUT2D eigenvalue weighted by Crippen LogP contribution is 2.21. The van der Waals surface area contributed by atoms with E-state index in [1.165, 1.54) is 5.56 Å². The van der Waals surface area contributed by atoms with Gasteiger partial charge in [-0.3, -0.25) is 0 Å². The van der Waals surface area contributed by atoms with Crippen molar-refractivity contribution >= 4 is 6.09 Å². The van der Waals surface area contributed by atoms with Crippen molar-refractivity contribution in [1.82, 2.24) is 10.2 Å². The van der Waals surface area contributed by atoms with Gasteiger partial charge in [-0.15, -0.1) is 0 Å². The number of nitrogens with one attached hydrogen (secondary N) is 1. The first-order valence-electron chi connectivity index (χ1n) is 8.66. The minimum Gasteiger partial charge on any atom is -0.444 e. The number of likely N-dealkylation sites (tertiary alicyclic amines) is 1. The number of ether oxygens (including phenoxy) is 1. The van der Waals surface area contributed by atoms with E-state index in [0.717, 1.165) is 45.4 Å². The molecular weight excluding hydrogens is 288 g/mol. The van der Waals surface area contributed by atoms with Crippen molar-refractivity contribution in [2.24, 2.45) is 5.92 Å². The van der Waals surface area contributed by atoms with Gasteiger partial charge in [0.2, 0.25) is 0 Å². The first kappa shape index (κ1) is 17.8. The molecule has 1 saturated heterocycles. The van der Waals surface area contributed by atoms with E-state index >= 15 is 0 Å². The Bertz CT molecular complexity index is 482. The maximum atomic E-state index is 12.0. The van der Waals surface area contributed by atoms with Crippen molar-refractivity contribution < 1.29 is 9.53 Å². The summed E-state index contributed by atoms with van der Waals surface area (Å²) < 4.78 is 5.43. The number of benzene rings is 1. The quantitative estimate of drug-likeness (QED) is 0.817. The lowest BCUT2D eigenvalue weighted by Gasteiger charge is -2.24. The van der Waals surface area contributed by atoms with E-state index in [2.05, 4.69) is 29.6 Å². The van der Waals surface area contributed by atoms with E-state index < -0.39 is 5.60 Å². The van der Waals surface area contributed by atoms with Gasteiger partial charge in [0.15, 0.2) is 0 Å². The molecule has 0 aliphatic carbocycles. The van der Waals surface area contributed by atoms with Crippen molar-refractivity contribution in [3.63, 3.8) is 0 Å². The van der Waals surface area contributed by atoms with Crippen LogP contribution in [0.2, 0.25) is 0 Å². The molecule has 1 aliphatic heterocycles. The second kappa shape index (κ2) is 8.34. The second-order valence-electron chi connectivity index (χ2n) is 7.36. The van der Waals surface area contributed by atoms with Gasteiger partial charge in [-0.2, -0.15) is 0 Å². The van der Waals surface area contributed by atoms with E-state index in [0.29, 0.717) is 5.92 Å². The van der Waals surface area contributed by atoms with Crippen LogP contribution in [0.3, 0.4) is 0 Å². The first-order chi connectivity index (χ1) is 10.9. The summed E-state index contributed by atoms with van der Waals surface area (Å²) in [6.07, 6.45) is 3.10. The van der Waals surface area contributed by atoms with Crippen LogP contribution in [0.4, 0.5) is 4.79 Å². The fourth-order valence-electron chi connectivity index (χ4n) is 2.87. The molecule has 1 N–H and O–H groups in total. The van der Waals surface area contributed by atoms with Crippen molar-refractivity contribution in [2.45, 2.75) is 45.6 Å². The van der Waals surface area contributed by atoms with E-state index in [4.69, 9.17) is 4.74 Å². The van der Waals surface area contributed by atoms with Gasteiger partial charge in [-0.05, 0) is 64.6 Å². The molecule has 128 valence electrons. The van der Waals surface area contributed by atoms with Crippen LogP contribution in [0.1, 0.15) is 39.2 Å². The summed E-state index contributed by atoms with van der Waals surface area (Å²) >= 11 is 0. The van der Waals surface area contributed by atoms with Crippen LogP contribution < -0.4 is 5.32 Å². The molecule has 1 amide bonds. The highest BCUT2D eigenvalue weighted by molar-refractivity contribution is 5.68. The van der Waals surface area contributed by atoms with Gasteiger partial charge in [0, 0.05) is 13.1 Å². The largest absolute Gasteiger partial charge is 0.444 e. The minimum atomic E-state index is -0.409. The molecule has 1 aromatic rings. The Morgan fingerprint density at radius 2 is 2.00 bits per heavy atom. The molecule has 23 heavy (non-hydrogen) atoms. The summed E-state index contributed by atoms with van der Waals surface area (Å²) in [5, 5.41) is 3.51. The Morgan fingerprint density at radius 1 is 1.26 bits per heavy atom. The summed E-state index contributed by atoms with van der Waals surface area (Å²) in [5.74, 6) is 0.590. The molecule has 0 spiro atoms. The molecule has 1 unspecified atom stereocenters. The van der Waals surface area contributed by atoms with Gasteiger partial charge in [0.25, 0.3) is 0 Å². The van der Waals surface area contributed by atoms with E-state index in [1.54, 1.807) is 0 Å². The minimum absolute atomic E-state index is 0.169. The molecule has 0 bridgehead atoms. The Balaban J connectivity index is 1.58. The summed E-state index contributed by atoms with van der Waals surface area (Å²) in [5.41, 5.74) is 0.964. The molecule has 0 aromatic heterocycles. The zero-order valence-electron chi connectivity index (χ0n) is 14.7. The third-order valence-corrected chi connectivity index (χ3v) is 4.10. The summed E-state index contributed by atoms with van der Waals surface area (Å²) in [6.45, 7) is 9.41. The molecule has 2 rings (SSSR count). The molecular formula is C19H30N2O2.